The van der Waals surface area contributed by atoms with Crippen molar-refractivity contribution in [3.63, 3.8) is 0 Å². The third kappa shape index (κ3) is 5.22. The SMILES string of the molecule is COc1ccc(CN2C(=O)/C(=C/c3cn(CC(=O)N4CCOCC4)c4ccc(Br)cc34)SC2=S)cc1. The Balaban J connectivity index is 1.41. The fourth-order valence-electron chi connectivity index (χ4n) is 4.29. The summed E-state index contributed by atoms with van der Waals surface area (Å²) in [5.74, 6) is 0.690. The van der Waals surface area contributed by atoms with E-state index in [4.69, 9.17) is 21.7 Å². The summed E-state index contributed by atoms with van der Waals surface area (Å²) in [6.45, 7) is 2.96. The molecule has 2 amide bonds. The number of carbonyl (C=O) groups excluding carboxylic acids is 2. The van der Waals surface area contributed by atoms with Crippen molar-refractivity contribution in [3.8, 4) is 5.75 Å². The first-order valence-electron chi connectivity index (χ1n) is 11.4. The largest absolute Gasteiger partial charge is 0.497 e. The van der Waals surface area contributed by atoms with Crippen LogP contribution in [0.5, 0.6) is 5.75 Å². The van der Waals surface area contributed by atoms with E-state index in [2.05, 4.69) is 15.9 Å². The molecule has 7 nitrogen and oxygen atoms in total. The van der Waals surface area contributed by atoms with E-state index in [-0.39, 0.29) is 18.4 Å². The van der Waals surface area contributed by atoms with Crippen molar-refractivity contribution < 1.29 is 19.1 Å². The summed E-state index contributed by atoms with van der Waals surface area (Å²) >= 11 is 10.4. The maximum atomic E-state index is 13.3. The van der Waals surface area contributed by atoms with Crippen LogP contribution in [0.2, 0.25) is 0 Å². The molecule has 0 radical (unpaired) electrons. The molecule has 2 aliphatic heterocycles. The molecule has 10 heteroatoms. The van der Waals surface area contributed by atoms with E-state index in [1.807, 2.05) is 64.2 Å². The van der Waals surface area contributed by atoms with Gasteiger partial charge in [0.15, 0.2) is 0 Å². The van der Waals surface area contributed by atoms with E-state index in [0.717, 1.165) is 32.3 Å². The van der Waals surface area contributed by atoms with Gasteiger partial charge in [0, 0.05) is 40.2 Å². The number of thiocarbonyl (C=S) groups is 1. The number of thioether (sulfide) groups is 1. The van der Waals surface area contributed by atoms with Crippen molar-refractivity contribution in [3.05, 3.63) is 69.2 Å². The second-order valence-corrected chi connectivity index (χ2v) is 11.1. The van der Waals surface area contributed by atoms with Crippen LogP contribution in [-0.2, 0) is 27.4 Å². The molecule has 2 saturated heterocycles. The predicted octanol–water partition coefficient (Wildman–Crippen LogP) is 4.67. The summed E-state index contributed by atoms with van der Waals surface area (Å²) < 4.78 is 14.0. The molecule has 0 saturated carbocycles. The molecular weight excluding hydrogens is 562 g/mol. The molecule has 186 valence electrons. The number of morpholine rings is 1. The first-order valence-corrected chi connectivity index (χ1v) is 13.5. The Kier molecular flexibility index (Phi) is 7.47. The van der Waals surface area contributed by atoms with Gasteiger partial charge in [-0.15, -0.1) is 0 Å². The van der Waals surface area contributed by atoms with E-state index in [1.165, 1.54) is 11.8 Å². The van der Waals surface area contributed by atoms with Crippen LogP contribution in [-0.4, -0.2) is 63.9 Å². The highest BCUT2D eigenvalue weighted by atomic mass is 79.9. The first kappa shape index (κ1) is 25.0. The predicted molar refractivity (Wildman–Crippen MR) is 149 cm³/mol. The number of ether oxygens (including phenoxy) is 2. The van der Waals surface area contributed by atoms with E-state index in [1.54, 1.807) is 12.0 Å². The van der Waals surface area contributed by atoms with Crippen molar-refractivity contribution in [2.75, 3.05) is 33.4 Å². The van der Waals surface area contributed by atoms with Gasteiger partial charge in [0.05, 0.1) is 31.8 Å². The van der Waals surface area contributed by atoms with E-state index in [0.29, 0.717) is 42.1 Å². The third-order valence-electron chi connectivity index (χ3n) is 6.20. The fraction of sp³-hybridized carbons (Fsp3) is 0.269. The van der Waals surface area contributed by atoms with Crippen molar-refractivity contribution in [2.45, 2.75) is 13.1 Å². The Labute approximate surface area is 227 Å². The zero-order valence-corrected chi connectivity index (χ0v) is 22.8. The molecule has 1 aromatic heterocycles. The van der Waals surface area contributed by atoms with Crippen LogP contribution in [0.3, 0.4) is 0 Å². The molecule has 2 fully saturated rings. The normalized spacial score (nSPS) is 17.4. The average Bonchev–Trinajstić information content (AvgIpc) is 3.35. The summed E-state index contributed by atoms with van der Waals surface area (Å²) in [6.07, 6.45) is 3.81. The number of halogens is 1. The Morgan fingerprint density at radius 1 is 1.19 bits per heavy atom. The number of hydrogen-bond donors (Lipinski definition) is 0. The fourth-order valence-corrected chi connectivity index (χ4v) is 5.90. The molecule has 0 N–H and O–H groups in total. The monoisotopic (exact) mass is 585 g/mol. The maximum Gasteiger partial charge on any atom is 0.266 e. The van der Waals surface area contributed by atoms with Crippen LogP contribution in [0.25, 0.3) is 17.0 Å². The van der Waals surface area contributed by atoms with Gasteiger partial charge in [-0.05, 0) is 42.0 Å². The second kappa shape index (κ2) is 10.8. The van der Waals surface area contributed by atoms with Gasteiger partial charge in [-0.3, -0.25) is 14.5 Å². The van der Waals surface area contributed by atoms with Crippen LogP contribution < -0.4 is 4.74 Å². The number of benzene rings is 2. The highest BCUT2D eigenvalue weighted by Crippen LogP contribution is 2.36. The van der Waals surface area contributed by atoms with Crippen molar-refractivity contribution in [1.82, 2.24) is 14.4 Å². The number of nitrogens with zero attached hydrogens (tertiary/aromatic N) is 3. The summed E-state index contributed by atoms with van der Waals surface area (Å²) in [6, 6.07) is 13.5. The standard InChI is InChI=1S/C26H24BrN3O4S2/c1-33-20-5-2-17(3-6-20)14-30-25(32)23(36-26(30)35)12-18-15-29(22-7-4-19(27)13-21(18)22)16-24(31)28-8-10-34-11-9-28/h2-7,12-13,15H,8-11,14,16H2,1H3/b23-12-. The van der Waals surface area contributed by atoms with Gasteiger partial charge in [-0.25, -0.2) is 0 Å². The summed E-state index contributed by atoms with van der Waals surface area (Å²) in [5.41, 5.74) is 2.77. The zero-order valence-electron chi connectivity index (χ0n) is 19.6. The molecule has 0 aliphatic carbocycles. The minimum atomic E-state index is -0.124. The van der Waals surface area contributed by atoms with Gasteiger partial charge >= 0.3 is 0 Å². The molecule has 2 aliphatic rings. The second-order valence-electron chi connectivity index (χ2n) is 8.48. The third-order valence-corrected chi connectivity index (χ3v) is 8.07. The molecule has 5 rings (SSSR count). The van der Waals surface area contributed by atoms with Gasteiger partial charge in [-0.2, -0.15) is 0 Å². The molecule has 3 aromatic rings. The molecule has 0 unspecified atom stereocenters. The number of carbonyl (C=O) groups is 2. The van der Waals surface area contributed by atoms with Crippen molar-refractivity contribution in [2.24, 2.45) is 0 Å². The van der Waals surface area contributed by atoms with Crippen molar-refractivity contribution in [1.29, 1.82) is 0 Å². The van der Waals surface area contributed by atoms with Crippen LogP contribution in [0.4, 0.5) is 0 Å². The number of aromatic nitrogens is 1. The Morgan fingerprint density at radius 2 is 1.94 bits per heavy atom. The lowest BCUT2D eigenvalue weighted by molar-refractivity contribution is -0.135. The molecule has 0 atom stereocenters. The number of rotatable bonds is 6. The molecular formula is C26H24BrN3O4S2. The minimum absolute atomic E-state index is 0.0514. The van der Waals surface area contributed by atoms with Crippen LogP contribution in [0.1, 0.15) is 11.1 Å². The maximum absolute atomic E-state index is 13.3. The minimum Gasteiger partial charge on any atom is -0.497 e. The Bertz CT molecular complexity index is 1360. The average molecular weight is 587 g/mol. The van der Waals surface area contributed by atoms with Crippen LogP contribution >= 0.6 is 39.9 Å². The molecule has 2 aromatic carbocycles. The Hall–Kier alpha value is -2.66. The lowest BCUT2D eigenvalue weighted by Gasteiger charge is -2.27. The molecule has 0 spiro atoms. The summed E-state index contributed by atoms with van der Waals surface area (Å²) in [4.78, 5) is 30.2. The van der Waals surface area contributed by atoms with Gasteiger partial charge in [0.1, 0.15) is 16.6 Å². The smallest absolute Gasteiger partial charge is 0.266 e. The quantitative estimate of drug-likeness (QED) is 0.309. The van der Waals surface area contributed by atoms with Gasteiger partial charge in [0.2, 0.25) is 5.91 Å². The Morgan fingerprint density at radius 3 is 2.67 bits per heavy atom. The zero-order chi connectivity index (χ0) is 25.2. The van der Waals surface area contributed by atoms with Crippen molar-refractivity contribution >= 4 is 73.0 Å². The summed E-state index contributed by atoms with van der Waals surface area (Å²) in [7, 11) is 1.62. The number of amides is 2. The molecule has 0 bridgehead atoms. The van der Waals surface area contributed by atoms with Crippen LogP contribution in [0.15, 0.2) is 58.0 Å². The lowest BCUT2D eigenvalue weighted by atomic mass is 10.1. The molecule has 3 heterocycles. The van der Waals surface area contributed by atoms with E-state index >= 15 is 0 Å². The van der Waals surface area contributed by atoms with E-state index in [9.17, 15) is 9.59 Å². The van der Waals surface area contributed by atoms with Gasteiger partial charge in [0.25, 0.3) is 5.91 Å². The lowest BCUT2D eigenvalue weighted by Crippen LogP contribution is -2.42. The summed E-state index contributed by atoms with van der Waals surface area (Å²) in [5, 5.41) is 0.958. The number of fused-ring (bicyclic) bond motifs is 1. The number of methoxy groups -OCH3 is 1. The van der Waals surface area contributed by atoms with Gasteiger partial charge < -0.3 is 18.9 Å². The first-order chi connectivity index (χ1) is 17.4. The van der Waals surface area contributed by atoms with Crippen LogP contribution in [0, 0.1) is 0 Å². The highest BCUT2D eigenvalue weighted by Gasteiger charge is 2.32. The molecule has 36 heavy (non-hydrogen) atoms. The number of hydrogen-bond acceptors (Lipinski definition) is 6. The van der Waals surface area contributed by atoms with Gasteiger partial charge in [-0.1, -0.05) is 52.0 Å². The highest BCUT2D eigenvalue weighted by molar-refractivity contribution is 9.10. The topological polar surface area (TPSA) is 64.0 Å². The van der Waals surface area contributed by atoms with E-state index < -0.39 is 0 Å².